The molecule has 1 aromatic heterocycles. The van der Waals surface area contributed by atoms with E-state index in [-0.39, 0.29) is 12.4 Å². The lowest BCUT2D eigenvalue weighted by Crippen LogP contribution is -2.27. The van der Waals surface area contributed by atoms with E-state index in [0.717, 1.165) is 19.3 Å². The Hall–Kier alpha value is -0.540. The van der Waals surface area contributed by atoms with Gasteiger partial charge in [0.1, 0.15) is 0 Å². The molecule has 0 fully saturated rings. The van der Waals surface area contributed by atoms with Crippen molar-refractivity contribution in [2.75, 3.05) is 0 Å². The van der Waals surface area contributed by atoms with Gasteiger partial charge in [-0.05, 0) is 24.8 Å². The molecule has 0 aliphatic heterocycles. The first-order chi connectivity index (χ1) is 4.86. The first kappa shape index (κ1) is 8.56. The predicted molar refractivity (Wildman–Crippen MR) is 45.8 cm³/mol. The van der Waals surface area contributed by atoms with Gasteiger partial charge in [-0.25, -0.2) is 0 Å². The van der Waals surface area contributed by atoms with Gasteiger partial charge in [-0.1, -0.05) is 0 Å². The van der Waals surface area contributed by atoms with Crippen LogP contribution >= 0.6 is 12.4 Å². The quantitative estimate of drug-likeness (QED) is 0.605. The zero-order valence-corrected chi connectivity index (χ0v) is 7.03. The van der Waals surface area contributed by atoms with E-state index >= 15 is 0 Å². The van der Waals surface area contributed by atoms with Crippen LogP contribution in [0, 0.1) is 0 Å². The van der Waals surface area contributed by atoms with Gasteiger partial charge in [0.05, 0.1) is 6.20 Å². The Morgan fingerprint density at radius 3 is 3.27 bits per heavy atom. The highest BCUT2D eigenvalue weighted by Crippen LogP contribution is 2.16. The Bertz CT molecular complexity index is 233. The van der Waals surface area contributed by atoms with Crippen LogP contribution in [0.3, 0.4) is 0 Å². The molecule has 11 heavy (non-hydrogen) atoms. The Labute approximate surface area is 71.8 Å². The monoisotopic (exact) mass is 173 g/mol. The van der Waals surface area contributed by atoms with Crippen molar-refractivity contribution in [1.29, 1.82) is 0 Å². The maximum atomic E-state index is 5.77. The summed E-state index contributed by atoms with van der Waals surface area (Å²) in [5, 5.41) is 6.93. The van der Waals surface area contributed by atoms with Crippen LogP contribution in [0.1, 0.15) is 17.7 Å². The maximum Gasteiger partial charge on any atom is 0.0522 e. The number of fused-ring (bicyclic) bond motifs is 1. The normalized spacial score (nSPS) is 22.1. The SMILES string of the molecule is Cl.N[C@H]1CCc2[nH]ncc2C1. The summed E-state index contributed by atoms with van der Waals surface area (Å²) in [4.78, 5) is 0. The molecule has 1 atom stereocenters. The molecule has 0 saturated heterocycles. The molecule has 3 nitrogen and oxygen atoms in total. The molecule has 2 rings (SSSR count). The molecule has 3 N–H and O–H groups in total. The summed E-state index contributed by atoms with van der Waals surface area (Å²) in [6.45, 7) is 0. The largest absolute Gasteiger partial charge is 0.327 e. The van der Waals surface area contributed by atoms with E-state index in [9.17, 15) is 0 Å². The van der Waals surface area contributed by atoms with Crippen molar-refractivity contribution >= 4 is 12.4 Å². The molecule has 0 unspecified atom stereocenters. The van der Waals surface area contributed by atoms with Gasteiger partial charge in [0.25, 0.3) is 0 Å². The van der Waals surface area contributed by atoms with Crippen molar-refractivity contribution in [3.63, 3.8) is 0 Å². The molecule has 1 aromatic rings. The number of halogens is 1. The van der Waals surface area contributed by atoms with Crippen LogP contribution in [0.4, 0.5) is 0 Å². The van der Waals surface area contributed by atoms with E-state index in [1.165, 1.54) is 11.3 Å². The summed E-state index contributed by atoms with van der Waals surface area (Å²) >= 11 is 0. The first-order valence-electron chi connectivity index (χ1n) is 3.63. The third kappa shape index (κ3) is 1.54. The van der Waals surface area contributed by atoms with E-state index < -0.39 is 0 Å². The van der Waals surface area contributed by atoms with E-state index in [4.69, 9.17) is 5.73 Å². The summed E-state index contributed by atoms with van der Waals surface area (Å²) in [6.07, 6.45) is 5.03. The zero-order chi connectivity index (χ0) is 6.97. The second-order valence-electron chi connectivity index (χ2n) is 2.88. The number of nitrogens with two attached hydrogens (primary N) is 1. The van der Waals surface area contributed by atoms with Crippen molar-refractivity contribution in [1.82, 2.24) is 10.2 Å². The lowest BCUT2D eigenvalue weighted by Gasteiger charge is -2.16. The molecule has 0 spiro atoms. The Morgan fingerprint density at radius 1 is 1.64 bits per heavy atom. The molecule has 0 amide bonds. The highest BCUT2D eigenvalue weighted by Gasteiger charge is 2.15. The summed E-state index contributed by atoms with van der Waals surface area (Å²) < 4.78 is 0. The van der Waals surface area contributed by atoms with Gasteiger partial charge in [-0.15, -0.1) is 12.4 Å². The molecule has 1 aliphatic carbocycles. The fourth-order valence-electron chi connectivity index (χ4n) is 1.44. The summed E-state index contributed by atoms with van der Waals surface area (Å²) in [5.74, 6) is 0. The number of H-pyrrole nitrogens is 1. The minimum Gasteiger partial charge on any atom is -0.327 e. The van der Waals surface area contributed by atoms with Gasteiger partial charge < -0.3 is 5.73 Å². The van der Waals surface area contributed by atoms with Crippen LogP contribution in [0.2, 0.25) is 0 Å². The topological polar surface area (TPSA) is 54.7 Å². The average molecular weight is 174 g/mol. The van der Waals surface area contributed by atoms with Crippen LogP contribution in [-0.2, 0) is 12.8 Å². The molecule has 0 bridgehead atoms. The second kappa shape index (κ2) is 3.24. The smallest absolute Gasteiger partial charge is 0.0522 e. The van der Waals surface area contributed by atoms with E-state index in [2.05, 4.69) is 10.2 Å². The van der Waals surface area contributed by atoms with Crippen molar-refractivity contribution in [3.05, 3.63) is 17.5 Å². The molecular weight excluding hydrogens is 162 g/mol. The summed E-state index contributed by atoms with van der Waals surface area (Å²) in [7, 11) is 0. The highest BCUT2D eigenvalue weighted by molar-refractivity contribution is 5.85. The number of aromatic amines is 1. The maximum absolute atomic E-state index is 5.77. The Morgan fingerprint density at radius 2 is 2.45 bits per heavy atom. The fourth-order valence-corrected chi connectivity index (χ4v) is 1.44. The lowest BCUT2D eigenvalue weighted by molar-refractivity contribution is 0.571. The lowest BCUT2D eigenvalue weighted by atomic mass is 9.94. The van der Waals surface area contributed by atoms with Crippen LogP contribution in [0.25, 0.3) is 0 Å². The van der Waals surface area contributed by atoms with Gasteiger partial charge in [0.15, 0.2) is 0 Å². The third-order valence-electron chi connectivity index (χ3n) is 2.05. The molecule has 1 aliphatic rings. The molecule has 62 valence electrons. The Kier molecular flexibility index (Phi) is 2.52. The number of hydrogen-bond acceptors (Lipinski definition) is 2. The number of aryl methyl sites for hydroxylation is 1. The van der Waals surface area contributed by atoms with Crippen LogP contribution in [0.15, 0.2) is 6.20 Å². The fraction of sp³-hybridized carbons (Fsp3) is 0.571. The zero-order valence-electron chi connectivity index (χ0n) is 6.21. The van der Waals surface area contributed by atoms with Gasteiger partial charge in [0.2, 0.25) is 0 Å². The van der Waals surface area contributed by atoms with Crippen molar-refractivity contribution in [3.8, 4) is 0 Å². The molecular formula is C7H12ClN3. The van der Waals surface area contributed by atoms with Gasteiger partial charge in [0, 0.05) is 11.7 Å². The number of hydrogen-bond donors (Lipinski definition) is 2. The van der Waals surface area contributed by atoms with Gasteiger partial charge >= 0.3 is 0 Å². The number of aromatic nitrogens is 2. The third-order valence-corrected chi connectivity index (χ3v) is 2.05. The highest BCUT2D eigenvalue weighted by atomic mass is 35.5. The van der Waals surface area contributed by atoms with E-state index in [0.29, 0.717) is 6.04 Å². The predicted octanol–water partition coefficient (Wildman–Crippen LogP) is 0.647. The molecule has 4 heteroatoms. The summed E-state index contributed by atoms with van der Waals surface area (Å²) in [5.41, 5.74) is 8.35. The molecule has 1 heterocycles. The summed E-state index contributed by atoms with van der Waals surface area (Å²) in [6, 6.07) is 0.352. The second-order valence-corrected chi connectivity index (χ2v) is 2.88. The van der Waals surface area contributed by atoms with Crippen LogP contribution < -0.4 is 5.73 Å². The molecule has 0 radical (unpaired) electrons. The van der Waals surface area contributed by atoms with Crippen molar-refractivity contribution < 1.29 is 0 Å². The van der Waals surface area contributed by atoms with Gasteiger partial charge in [-0.3, -0.25) is 5.10 Å². The minimum atomic E-state index is 0. The van der Waals surface area contributed by atoms with Crippen LogP contribution in [-0.4, -0.2) is 16.2 Å². The number of rotatable bonds is 0. The number of nitrogens with one attached hydrogen (secondary N) is 1. The first-order valence-corrected chi connectivity index (χ1v) is 3.63. The number of nitrogens with zero attached hydrogens (tertiary/aromatic N) is 1. The minimum absolute atomic E-state index is 0. The van der Waals surface area contributed by atoms with Gasteiger partial charge in [-0.2, -0.15) is 5.10 Å². The molecule has 0 aromatic carbocycles. The Balaban J connectivity index is 0.000000605. The average Bonchev–Trinajstić information content (AvgIpc) is 2.33. The van der Waals surface area contributed by atoms with Crippen molar-refractivity contribution in [2.45, 2.75) is 25.3 Å². The van der Waals surface area contributed by atoms with Crippen LogP contribution in [0.5, 0.6) is 0 Å². The molecule has 0 saturated carbocycles. The van der Waals surface area contributed by atoms with E-state index in [1.807, 2.05) is 6.20 Å². The standard InChI is InChI=1S/C7H11N3.ClH/c8-6-1-2-7-5(3-6)4-9-10-7;/h4,6H,1-3,8H2,(H,9,10);1H/t6-;/m0./s1. The van der Waals surface area contributed by atoms with E-state index in [1.54, 1.807) is 0 Å². The van der Waals surface area contributed by atoms with Crippen molar-refractivity contribution in [2.24, 2.45) is 5.73 Å².